The zero-order valence-electron chi connectivity index (χ0n) is 14.4. The summed E-state index contributed by atoms with van der Waals surface area (Å²) in [5.74, 6) is 0. The van der Waals surface area contributed by atoms with Gasteiger partial charge in [-0.3, -0.25) is 4.90 Å². The standard InChI is InChI=1S/C15H31NO3Si/c1-14(2,3)18-13(17)16-11-9-10-12(16)19-20(7,8)15(4,5)6/h12H,9-11H2,1-8H3. The predicted molar refractivity (Wildman–Crippen MR) is 84.2 cm³/mol. The van der Waals surface area contributed by atoms with Crippen LogP contribution in [0.2, 0.25) is 18.1 Å². The largest absolute Gasteiger partial charge is 0.444 e. The van der Waals surface area contributed by atoms with E-state index in [1.807, 2.05) is 20.8 Å². The van der Waals surface area contributed by atoms with Gasteiger partial charge >= 0.3 is 6.09 Å². The van der Waals surface area contributed by atoms with Gasteiger partial charge in [-0.05, 0) is 51.7 Å². The maximum absolute atomic E-state index is 12.2. The Hall–Kier alpha value is -0.553. The molecule has 20 heavy (non-hydrogen) atoms. The molecule has 1 fully saturated rings. The number of carbonyl (C=O) groups is 1. The summed E-state index contributed by atoms with van der Waals surface area (Å²) in [5, 5.41) is 0.148. The highest BCUT2D eigenvalue weighted by molar-refractivity contribution is 6.74. The number of likely N-dealkylation sites (tertiary alicyclic amines) is 1. The lowest BCUT2D eigenvalue weighted by atomic mass is 10.2. The van der Waals surface area contributed by atoms with Crippen LogP contribution in [0.5, 0.6) is 0 Å². The van der Waals surface area contributed by atoms with Crippen molar-refractivity contribution < 1.29 is 14.0 Å². The lowest BCUT2D eigenvalue weighted by molar-refractivity contribution is -0.00879. The summed E-state index contributed by atoms with van der Waals surface area (Å²) < 4.78 is 11.8. The van der Waals surface area contributed by atoms with Gasteiger partial charge in [-0.1, -0.05) is 20.8 Å². The van der Waals surface area contributed by atoms with Crippen molar-refractivity contribution in [3.63, 3.8) is 0 Å². The van der Waals surface area contributed by atoms with Crippen LogP contribution >= 0.6 is 0 Å². The van der Waals surface area contributed by atoms with Crippen LogP contribution in [0, 0.1) is 0 Å². The van der Waals surface area contributed by atoms with Crippen molar-refractivity contribution >= 4 is 14.4 Å². The van der Waals surface area contributed by atoms with Gasteiger partial charge in [0, 0.05) is 6.54 Å². The SMILES string of the molecule is CC(C)(C)OC(=O)N1CCCC1O[Si](C)(C)C(C)(C)C. The molecular formula is C15H31NO3Si. The zero-order valence-corrected chi connectivity index (χ0v) is 15.4. The minimum atomic E-state index is -1.87. The van der Waals surface area contributed by atoms with Crippen LogP contribution in [0.3, 0.4) is 0 Å². The lowest BCUT2D eigenvalue weighted by Gasteiger charge is -2.40. The van der Waals surface area contributed by atoms with Gasteiger partial charge in [0.25, 0.3) is 0 Å². The summed E-state index contributed by atoms with van der Waals surface area (Å²) in [4.78, 5) is 14.0. The third-order valence-electron chi connectivity index (χ3n) is 4.06. The Morgan fingerprint density at radius 2 is 1.70 bits per heavy atom. The Morgan fingerprint density at radius 3 is 2.15 bits per heavy atom. The second kappa shape index (κ2) is 5.68. The lowest BCUT2D eigenvalue weighted by Crippen LogP contribution is -2.49. The minimum absolute atomic E-state index is 0.120. The van der Waals surface area contributed by atoms with E-state index in [1.54, 1.807) is 4.90 Å². The van der Waals surface area contributed by atoms with Crippen LogP contribution in [0.15, 0.2) is 0 Å². The molecule has 0 radical (unpaired) electrons. The van der Waals surface area contributed by atoms with Crippen LogP contribution in [0.4, 0.5) is 4.79 Å². The van der Waals surface area contributed by atoms with E-state index in [2.05, 4.69) is 33.9 Å². The smallest absolute Gasteiger partial charge is 0.412 e. The molecule has 1 unspecified atom stereocenters. The first-order chi connectivity index (χ1) is 8.83. The Kier molecular flexibility index (Phi) is 4.97. The van der Waals surface area contributed by atoms with E-state index in [0.717, 1.165) is 19.4 Å². The van der Waals surface area contributed by atoms with Crippen LogP contribution < -0.4 is 0 Å². The van der Waals surface area contributed by atoms with E-state index >= 15 is 0 Å². The molecule has 1 atom stereocenters. The van der Waals surface area contributed by atoms with Gasteiger partial charge in [0.05, 0.1) is 0 Å². The third kappa shape index (κ3) is 4.48. The highest BCUT2D eigenvalue weighted by atomic mass is 28.4. The predicted octanol–water partition coefficient (Wildman–Crippen LogP) is 4.37. The Balaban J connectivity index is 2.73. The van der Waals surface area contributed by atoms with Crippen molar-refractivity contribution in [1.29, 1.82) is 0 Å². The van der Waals surface area contributed by atoms with Crippen LogP contribution in [0.1, 0.15) is 54.4 Å². The summed E-state index contributed by atoms with van der Waals surface area (Å²) in [6.45, 7) is 17.5. The van der Waals surface area contributed by atoms with E-state index in [0.29, 0.717) is 0 Å². The molecule has 0 aromatic carbocycles. The second-order valence-electron chi connectivity index (χ2n) is 8.15. The maximum Gasteiger partial charge on any atom is 0.412 e. The number of hydrogen-bond acceptors (Lipinski definition) is 3. The molecule has 118 valence electrons. The van der Waals surface area contributed by atoms with Crippen LogP contribution in [0.25, 0.3) is 0 Å². The van der Waals surface area contributed by atoms with Crippen molar-refractivity contribution in [1.82, 2.24) is 4.90 Å². The van der Waals surface area contributed by atoms with E-state index in [9.17, 15) is 4.79 Å². The summed E-state index contributed by atoms with van der Waals surface area (Å²) in [6, 6.07) is 0. The summed E-state index contributed by atoms with van der Waals surface area (Å²) in [5.41, 5.74) is -0.457. The van der Waals surface area contributed by atoms with Crippen molar-refractivity contribution in [2.45, 2.75) is 84.3 Å². The fourth-order valence-corrected chi connectivity index (χ4v) is 3.18. The van der Waals surface area contributed by atoms with Gasteiger partial charge in [-0.25, -0.2) is 4.79 Å². The van der Waals surface area contributed by atoms with Crippen molar-refractivity contribution in [3.8, 4) is 0 Å². The quantitative estimate of drug-likeness (QED) is 0.711. The summed E-state index contributed by atoms with van der Waals surface area (Å²) in [7, 11) is -1.87. The second-order valence-corrected chi connectivity index (χ2v) is 12.9. The molecule has 1 heterocycles. The number of rotatable bonds is 2. The highest BCUT2D eigenvalue weighted by Crippen LogP contribution is 2.39. The Labute approximate surface area is 124 Å². The molecular weight excluding hydrogens is 270 g/mol. The molecule has 1 rings (SSSR count). The van der Waals surface area contributed by atoms with Crippen LogP contribution in [-0.4, -0.2) is 37.7 Å². The molecule has 1 aliphatic rings. The van der Waals surface area contributed by atoms with Gasteiger partial charge in [-0.2, -0.15) is 0 Å². The average molecular weight is 302 g/mol. The third-order valence-corrected chi connectivity index (χ3v) is 8.54. The van der Waals surface area contributed by atoms with Crippen molar-refractivity contribution in [3.05, 3.63) is 0 Å². The maximum atomic E-state index is 12.2. The molecule has 0 aromatic rings. The van der Waals surface area contributed by atoms with E-state index < -0.39 is 13.9 Å². The van der Waals surface area contributed by atoms with E-state index in [1.165, 1.54) is 0 Å². The van der Waals surface area contributed by atoms with Gasteiger partial charge < -0.3 is 9.16 Å². The monoisotopic (exact) mass is 301 g/mol. The molecule has 5 heteroatoms. The zero-order chi connectivity index (χ0) is 15.8. The number of ether oxygens (including phenoxy) is 1. The Bertz CT molecular complexity index is 355. The number of nitrogens with zero attached hydrogens (tertiary/aromatic N) is 1. The van der Waals surface area contributed by atoms with Gasteiger partial charge in [0.1, 0.15) is 11.8 Å². The van der Waals surface area contributed by atoms with E-state index in [4.69, 9.17) is 9.16 Å². The summed E-state index contributed by atoms with van der Waals surface area (Å²) in [6.07, 6.45) is 1.52. The molecule has 0 spiro atoms. The first-order valence-electron chi connectivity index (χ1n) is 7.51. The molecule has 1 aliphatic heterocycles. The molecule has 0 aliphatic carbocycles. The topological polar surface area (TPSA) is 38.8 Å². The van der Waals surface area contributed by atoms with Gasteiger partial charge in [0.2, 0.25) is 0 Å². The van der Waals surface area contributed by atoms with Gasteiger partial charge in [-0.15, -0.1) is 0 Å². The minimum Gasteiger partial charge on any atom is -0.444 e. The number of hydrogen-bond donors (Lipinski definition) is 0. The number of carbonyl (C=O) groups excluding carboxylic acids is 1. The molecule has 0 N–H and O–H groups in total. The molecule has 0 bridgehead atoms. The molecule has 1 saturated heterocycles. The number of amides is 1. The molecule has 0 saturated carbocycles. The fourth-order valence-electron chi connectivity index (χ4n) is 1.90. The molecule has 0 aromatic heterocycles. The van der Waals surface area contributed by atoms with Crippen molar-refractivity contribution in [2.24, 2.45) is 0 Å². The first-order valence-corrected chi connectivity index (χ1v) is 10.4. The first kappa shape index (κ1) is 17.5. The fraction of sp³-hybridized carbons (Fsp3) is 0.933. The van der Waals surface area contributed by atoms with Crippen molar-refractivity contribution in [2.75, 3.05) is 6.54 Å². The Morgan fingerprint density at radius 1 is 1.15 bits per heavy atom. The van der Waals surface area contributed by atoms with E-state index in [-0.39, 0.29) is 17.4 Å². The molecule has 4 nitrogen and oxygen atoms in total. The molecule has 1 amide bonds. The summed E-state index contributed by atoms with van der Waals surface area (Å²) >= 11 is 0. The highest BCUT2D eigenvalue weighted by Gasteiger charge is 2.43. The van der Waals surface area contributed by atoms with Crippen LogP contribution in [-0.2, 0) is 9.16 Å². The normalized spacial score (nSPS) is 21.2. The van der Waals surface area contributed by atoms with Gasteiger partial charge in [0.15, 0.2) is 8.32 Å². The average Bonchev–Trinajstić information content (AvgIpc) is 2.60.